The molecule has 38 heavy (non-hydrogen) atoms. The third-order valence-electron chi connectivity index (χ3n) is 14.3. The van der Waals surface area contributed by atoms with Crippen molar-refractivity contribution in [3.8, 4) is 0 Å². The Balaban J connectivity index is 1.51. The Labute approximate surface area is 236 Å². The molecule has 4 saturated carbocycles. The van der Waals surface area contributed by atoms with Crippen LogP contribution in [0.25, 0.3) is 0 Å². The van der Waals surface area contributed by atoms with E-state index in [2.05, 4.69) is 81.0 Å². The van der Waals surface area contributed by atoms with Gasteiger partial charge in [0.15, 0.2) is 0 Å². The van der Waals surface area contributed by atoms with Crippen LogP contribution in [-0.4, -0.2) is 5.54 Å². The largest absolute Gasteiger partial charge is 0.325 e. The maximum atomic E-state index is 7.28. The highest BCUT2D eigenvalue weighted by Gasteiger charge is 2.70. The molecule has 9 atom stereocenters. The van der Waals surface area contributed by atoms with Gasteiger partial charge in [-0.15, -0.1) is 0 Å². The van der Waals surface area contributed by atoms with Crippen LogP contribution in [0.5, 0.6) is 0 Å². The van der Waals surface area contributed by atoms with Crippen LogP contribution < -0.4 is 5.73 Å². The molecule has 0 aromatic carbocycles. The molecule has 0 bridgehead atoms. The van der Waals surface area contributed by atoms with Crippen molar-refractivity contribution in [3.63, 3.8) is 0 Å². The Hall–Kier alpha value is -0.820. The first-order valence-electron chi connectivity index (χ1n) is 16.5. The Morgan fingerprint density at radius 3 is 2.32 bits per heavy atom. The standard InChI is InChI=1S/C37H61N/c1-11-26(13-12-24(2)3)28-17-19-34(8)30(33(28,6)7)18-20-36(10)31(34)15-14-29-32-27(25(4)5)16-21-37(32,38)23-22-35(29,36)9/h13,17,24,27,29-32H,4,11-12,14-16,18-23,38H2,1-3,5-10H3/b26-13+/t27-,29+,30-,31+,32+,34-,35+,36+,37-/m0/s1. The average Bonchev–Trinajstić information content (AvgIpc) is 3.18. The molecule has 0 unspecified atom stereocenters. The number of rotatable bonds is 5. The minimum Gasteiger partial charge on any atom is -0.325 e. The first kappa shape index (κ1) is 28.7. The highest BCUT2D eigenvalue weighted by Crippen LogP contribution is 2.76. The van der Waals surface area contributed by atoms with Crippen molar-refractivity contribution in [1.82, 2.24) is 0 Å². The molecule has 0 spiro atoms. The van der Waals surface area contributed by atoms with E-state index in [1.165, 1.54) is 76.2 Å². The van der Waals surface area contributed by atoms with Crippen LogP contribution in [0, 0.1) is 57.2 Å². The number of allylic oxidation sites excluding steroid dienone is 5. The highest BCUT2D eigenvalue weighted by atomic mass is 14.8. The van der Waals surface area contributed by atoms with Crippen molar-refractivity contribution in [2.24, 2.45) is 62.9 Å². The summed E-state index contributed by atoms with van der Waals surface area (Å²) in [6.45, 7) is 27.3. The lowest BCUT2D eigenvalue weighted by Crippen LogP contribution is -2.67. The van der Waals surface area contributed by atoms with E-state index in [0.717, 1.165) is 23.7 Å². The first-order valence-corrected chi connectivity index (χ1v) is 16.5. The predicted octanol–water partition coefficient (Wildman–Crippen LogP) is 10.3. The second-order valence-electron chi connectivity index (χ2n) is 16.7. The molecule has 5 aliphatic carbocycles. The third-order valence-corrected chi connectivity index (χ3v) is 14.3. The lowest BCUT2D eigenvalue weighted by atomic mass is 9.33. The highest BCUT2D eigenvalue weighted by molar-refractivity contribution is 5.40. The van der Waals surface area contributed by atoms with E-state index in [0.29, 0.717) is 28.1 Å². The molecule has 4 fully saturated rings. The molecule has 0 heterocycles. The number of hydrogen-bond donors (Lipinski definition) is 1. The summed E-state index contributed by atoms with van der Waals surface area (Å²) in [7, 11) is 0. The molecule has 1 nitrogen and oxygen atoms in total. The van der Waals surface area contributed by atoms with E-state index in [1.807, 2.05) is 0 Å². The van der Waals surface area contributed by atoms with Gasteiger partial charge in [0.25, 0.3) is 0 Å². The van der Waals surface area contributed by atoms with Crippen LogP contribution in [0.15, 0.2) is 35.5 Å². The molecular weight excluding hydrogens is 458 g/mol. The molecule has 0 aromatic heterocycles. The van der Waals surface area contributed by atoms with E-state index in [9.17, 15) is 0 Å². The van der Waals surface area contributed by atoms with E-state index >= 15 is 0 Å². The molecule has 0 radical (unpaired) electrons. The Bertz CT molecular complexity index is 1010. The topological polar surface area (TPSA) is 26.0 Å². The fourth-order valence-corrected chi connectivity index (χ4v) is 12.2. The monoisotopic (exact) mass is 519 g/mol. The van der Waals surface area contributed by atoms with E-state index in [-0.39, 0.29) is 11.0 Å². The van der Waals surface area contributed by atoms with Gasteiger partial charge in [0.05, 0.1) is 0 Å². The quantitative estimate of drug-likeness (QED) is 0.359. The van der Waals surface area contributed by atoms with Crippen molar-refractivity contribution in [2.75, 3.05) is 0 Å². The van der Waals surface area contributed by atoms with Crippen molar-refractivity contribution >= 4 is 0 Å². The van der Waals surface area contributed by atoms with Gasteiger partial charge in [0, 0.05) is 5.54 Å². The average molecular weight is 520 g/mol. The maximum absolute atomic E-state index is 7.28. The van der Waals surface area contributed by atoms with Gasteiger partial charge >= 0.3 is 0 Å². The molecule has 0 aromatic rings. The lowest BCUT2D eigenvalue weighted by molar-refractivity contribution is -0.219. The van der Waals surface area contributed by atoms with Gasteiger partial charge in [0.2, 0.25) is 0 Å². The van der Waals surface area contributed by atoms with Gasteiger partial charge in [-0.1, -0.05) is 79.7 Å². The number of nitrogens with two attached hydrogens (primary N) is 1. The molecule has 1 heteroatoms. The van der Waals surface area contributed by atoms with Gasteiger partial charge in [-0.3, -0.25) is 0 Å². The zero-order valence-corrected chi connectivity index (χ0v) is 26.7. The molecule has 0 amide bonds. The van der Waals surface area contributed by atoms with Crippen LogP contribution in [0.4, 0.5) is 0 Å². The summed E-state index contributed by atoms with van der Waals surface area (Å²) < 4.78 is 0. The molecule has 5 aliphatic rings. The molecule has 2 N–H and O–H groups in total. The van der Waals surface area contributed by atoms with Crippen LogP contribution in [-0.2, 0) is 0 Å². The number of fused-ring (bicyclic) bond motifs is 7. The smallest absolute Gasteiger partial charge is 0.0191 e. The van der Waals surface area contributed by atoms with Crippen LogP contribution >= 0.6 is 0 Å². The van der Waals surface area contributed by atoms with Crippen molar-refractivity contribution in [1.29, 1.82) is 0 Å². The van der Waals surface area contributed by atoms with E-state index < -0.39 is 0 Å². The first-order chi connectivity index (χ1) is 17.7. The van der Waals surface area contributed by atoms with Crippen LogP contribution in [0.1, 0.15) is 133 Å². The zero-order valence-electron chi connectivity index (χ0n) is 26.7. The summed E-state index contributed by atoms with van der Waals surface area (Å²) in [5.74, 6) is 4.36. The normalized spacial score (nSPS) is 48.0. The molecular formula is C37H61N. The molecule has 214 valence electrons. The Morgan fingerprint density at radius 1 is 0.974 bits per heavy atom. The summed E-state index contributed by atoms with van der Waals surface area (Å²) in [4.78, 5) is 0. The SMILES string of the molecule is C=C(C)[C@@H]1CC[C@]2(N)CC[C@]3(C)[C@H](CC[C@@H]4[C@@]5(C)CC=C(/C(=C/CC(C)C)CC)C(C)(C)[C@@H]5CC[C@]43C)[C@@H]12. The van der Waals surface area contributed by atoms with Gasteiger partial charge in [-0.2, -0.15) is 0 Å². The maximum Gasteiger partial charge on any atom is 0.0191 e. The fraction of sp³-hybridized carbons (Fsp3) is 0.838. The zero-order chi connectivity index (χ0) is 27.9. The molecule has 0 saturated heterocycles. The summed E-state index contributed by atoms with van der Waals surface area (Å²) >= 11 is 0. The summed E-state index contributed by atoms with van der Waals surface area (Å²) in [6.07, 6.45) is 19.6. The summed E-state index contributed by atoms with van der Waals surface area (Å²) in [6, 6.07) is 0. The van der Waals surface area contributed by atoms with E-state index in [1.54, 1.807) is 11.1 Å². The molecule has 0 aliphatic heterocycles. The van der Waals surface area contributed by atoms with E-state index in [4.69, 9.17) is 5.73 Å². The fourth-order valence-electron chi connectivity index (χ4n) is 12.2. The summed E-state index contributed by atoms with van der Waals surface area (Å²) in [5, 5.41) is 0. The lowest BCUT2D eigenvalue weighted by Gasteiger charge is -2.72. The van der Waals surface area contributed by atoms with Gasteiger partial charge < -0.3 is 5.73 Å². The van der Waals surface area contributed by atoms with Gasteiger partial charge in [0.1, 0.15) is 0 Å². The summed E-state index contributed by atoms with van der Waals surface area (Å²) in [5.41, 5.74) is 13.5. The van der Waals surface area contributed by atoms with Crippen LogP contribution in [0.2, 0.25) is 0 Å². The van der Waals surface area contributed by atoms with Gasteiger partial charge in [-0.05, 0) is 146 Å². The Kier molecular flexibility index (Phi) is 7.07. The van der Waals surface area contributed by atoms with Gasteiger partial charge in [-0.25, -0.2) is 0 Å². The second-order valence-corrected chi connectivity index (χ2v) is 16.7. The van der Waals surface area contributed by atoms with Crippen molar-refractivity contribution < 1.29 is 0 Å². The Morgan fingerprint density at radius 2 is 1.68 bits per heavy atom. The third kappa shape index (κ3) is 3.86. The van der Waals surface area contributed by atoms with Crippen molar-refractivity contribution in [2.45, 2.75) is 138 Å². The van der Waals surface area contributed by atoms with Crippen molar-refractivity contribution in [3.05, 3.63) is 35.5 Å². The second kappa shape index (κ2) is 9.36. The van der Waals surface area contributed by atoms with Crippen LogP contribution in [0.3, 0.4) is 0 Å². The predicted molar refractivity (Wildman–Crippen MR) is 165 cm³/mol. The molecule has 5 rings (SSSR count). The minimum atomic E-state index is 0.0570. The number of hydrogen-bond acceptors (Lipinski definition) is 1. The minimum absolute atomic E-state index is 0.0570.